The monoisotopic (exact) mass is 244 g/mol. The fraction of sp³-hybridized carbons (Fsp3) is 0.923. The molecular formula is C13H28N2O2. The Hall–Kier alpha value is -0.610. The van der Waals surface area contributed by atoms with Gasteiger partial charge in [-0.25, -0.2) is 0 Å². The van der Waals surface area contributed by atoms with Crippen molar-refractivity contribution in [1.82, 2.24) is 5.32 Å². The highest BCUT2D eigenvalue weighted by Crippen LogP contribution is 2.21. The number of hydrogen-bond acceptors (Lipinski definition) is 3. The van der Waals surface area contributed by atoms with Crippen LogP contribution in [0.2, 0.25) is 0 Å². The van der Waals surface area contributed by atoms with Gasteiger partial charge in [0.25, 0.3) is 0 Å². The Balaban J connectivity index is 4.23. The van der Waals surface area contributed by atoms with E-state index < -0.39 is 5.54 Å². The van der Waals surface area contributed by atoms with Gasteiger partial charge in [-0.2, -0.15) is 0 Å². The van der Waals surface area contributed by atoms with Gasteiger partial charge in [-0.15, -0.1) is 0 Å². The SMILES string of the molecule is CCCC(C)(N)C(=O)NCC(C)(C)CC(C)O. The number of rotatable bonds is 7. The largest absolute Gasteiger partial charge is 0.393 e. The summed E-state index contributed by atoms with van der Waals surface area (Å²) in [5.74, 6) is -0.113. The van der Waals surface area contributed by atoms with E-state index in [2.05, 4.69) is 5.32 Å². The van der Waals surface area contributed by atoms with Crippen LogP contribution < -0.4 is 11.1 Å². The van der Waals surface area contributed by atoms with Gasteiger partial charge in [-0.1, -0.05) is 27.2 Å². The van der Waals surface area contributed by atoms with Crippen LogP contribution in [0.3, 0.4) is 0 Å². The Morgan fingerprint density at radius 1 is 1.41 bits per heavy atom. The van der Waals surface area contributed by atoms with E-state index in [4.69, 9.17) is 5.73 Å². The third-order valence-corrected chi connectivity index (χ3v) is 2.86. The number of nitrogens with two attached hydrogens (primary N) is 1. The van der Waals surface area contributed by atoms with Crippen molar-refractivity contribution in [2.75, 3.05) is 6.54 Å². The second-order valence-electron chi connectivity index (χ2n) is 6.07. The van der Waals surface area contributed by atoms with Crippen LogP contribution in [0.25, 0.3) is 0 Å². The van der Waals surface area contributed by atoms with Gasteiger partial charge in [-0.05, 0) is 32.1 Å². The molecule has 2 unspecified atom stereocenters. The van der Waals surface area contributed by atoms with Gasteiger partial charge in [0, 0.05) is 6.54 Å². The number of amides is 1. The number of carbonyl (C=O) groups excluding carboxylic acids is 1. The van der Waals surface area contributed by atoms with E-state index in [0.717, 1.165) is 6.42 Å². The third-order valence-electron chi connectivity index (χ3n) is 2.86. The van der Waals surface area contributed by atoms with Crippen LogP contribution in [0.15, 0.2) is 0 Å². The molecule has 17 heavy (non-hydrogen) atoms. The van der Waals surface area contributed by atoms with Gasteiger partial charge in [0.15, 0.2) is 0 Å². The van der Waals surface area contributed by atoms with Gasteiger partial charge in [0.05, 0.1) is 11.6 Å². The molecule has 0 aliphatic rings. The molecule has 0 saturated carbocycles. The van der Waals surface area contributed by atoms with Gasteiger partial charge in [0.1, 0.15) is 0 Å². The van der Waals surface area contributed by atoms with Crippen molar-refractivity contribution in [3.05, 3.63) is 0 Å². The zero-order valence-electron chi connectivity index (χ0n) is 11.8. The molecule has 0 radical (unpaired) electrons. The lowest BCUT2D eigenvalue weighted by Gasteiger charge is -2.29. The first-order valence-electron chi connectivity index (χ1n) is 6.36. The Labute approximate surface area is 105 Å². The van der Waals surface area contributed by atoms with Crippen LogP contribution in [0.5, 0.6) is 0 Å². The zero-order valence-corrected chi connectivity index (χ0v) is 11.8. The summed E-state index contributed by atoms with van der Waals surface area (Å²) in [6.45, 7) is 10.1. The third kappa shape index (κ3) is 6.64. The smallest absolute Gasteiger partial charge is 0.239 e. The summed E-state index contributed by atoms with van der Waals surface area (Å²) in [6, 6.07) is 0. The molecule has 4 N–H and O–H groups in total. The lowest BCUT2D eigenvalue weighted by molar-refractivity contribution is -0.126. The van der Waals surface area contributed by atoms with E-state index >= 15 is 0 Å². The van der Waals surface area contributed by atoms with Crippen molar-refractivity contribution >= 4 is 5.91 Å². The van der Waals surface area contributed by atoms with E-state index in [-0.39, 0.29) is 17.4 Å². The first kappa shape index (κ1) is 16.4. The Morgan fingerprint density at radius 2 is 1.94 bits per heavy atom. The van der Waals surface area contributed by atoms with Crippen LogP contribution in [-0.4, -0.2) is 29.2 Å². The van der Waals surface area contributed by atoms with E-state index in [1.807, 2.05) is 20.8 Å². The minimum atomic E-state index is -0.796. The first-order valence-corrected chi connectivity index (χ1v) is 6.36. The standard InChI is InChI=1S/C13H28N2O2/c1-6-7-13(5,14)11(17)15-9-12(3,4)8-10(2)16/h10,16H,6-9,14H2,1-5H3,(H,15,17). The molecule has 0 aliphatic heterocycles. The van der Waals surface area contributed by atoms with Gasteiger partial charge < -0.3 is 16.2 Å². The molecule has 1 amide bonds. The molecule has 2 atom stereocenters. The molecule has 0 fully saturated rings. The number of hydrogen-bond donors (Lipinski definition) is 3. The Morgan fingerprint density at radius 3 is 2.35 bits per heavy atom. The molecule has 0 aliphatic carbocycles. The van der Waals surface area contributed by atoms with E-state index in [9.17, 15) is 9.90 Å². The maximum atomic E-state index is 11.9. The van der Waals surface area contributed by atoms with Gasteiger partial charge in [-0.3, -0.25) is 4.79 Å². The molecule has 0 aromatic carbocycles. The number of carbonyl (C=O) groups is 1. The fourth-order valence-corrected chi connectivity index (χ4v) is 2.03. The molecule has 4 nitrogen and oxygen atoms in total. The highest BCUT2D eigenvalue weighted by atomic mass is 16.3. The minimum Gasteiger partial charge on any atom is -0.393 e. The quantitative estimate of drug-likeness (QED) is 0.634. The predicted molar refractivity (Wildman–Crippen MR) is 70.6 cm³/mol. The van der Waals surface area contributed by atoms with Crippen molar-refractivity contribution < 1.29 is 9.90 Å². The minimum absolute atomic E-state index is 0.113. The number of nitrogens with one attached hydrogen (secondary N) is 1. The second-order valence-corrected chi connectivity index (χ2v) is 6.07. The van der Waals surface area contributed by atoms with E-state index in [1.54, 1.807) is 13.8 Å². The predicted octanol–water partition coefficient (Wildman–Crippen LogP) is 1.42. The van der Waals surface area contributed by atoms with Crippen LogP contribution >= 0.6 is 0 Å². The summed E-state index contributed by atoms with van der Waals surface area (Å²) >= 11 is 0. The first-order chi connectivity index (χ1) is 7.60. The molecule has 0 saturated heterocycles. The van der Waals surface area contributed by atoms with Crippen molar-refractivity contribution in [2.45, 2.75) is 65.5 Å². The molecule has 0 aromatic rings. The molecule has 0 spiro atoms. The molecule has 102 valence electrons. The van der Waals surface area contributed by atoms with Crippen LogP contribution in [0.1, 0.15) is 53.9 Å². The summed E-state index contributed by atoms with van der Waals surface area (Å²) in [5.41, 5.74) is 5.03. The summed E-state index contributed by atoms with van der Waals surface area (Å²) in [4.78, 5) is 11.9. The molecule has 0 rings (SSSR count). The Bertz CT molecular complexity index is 248. The summed E-state index contributed by atoms with van der Waals surface area (Å²) in [7, 11) is 0. The maximum Gasteiger partial charge on any atom is 0.239 e. The van der Waals surface area contributed by atoms with Gasteiger partial charge >= 0.3 is 0 Å². The molecule has 0 heterocycles. The van der Waals surface area contributed by atoms with Gasteiger partial charge in [0.2, 0.25) is 5.91 Å². The molecule has 4 heteroatoms. The fourth-order valence-electron chi connectivity index (χ4n) is 2.03. The summed E-state index contributed by atoms with van der Waals surface area (Å²) in [5, 5.41) is 12.2. The number of aliphatic hydroxyl groups excluding tert-OH is 1. The molecule has 0 bridgehead atoms. The molecule has 0 aromatic heterocycles. The Kier molecular flexibility index (Phi) is 6.13. The lowest BCUT2D eigenvalue weighted by atomic mass is 9.86. The number of aliphatic hydroxyl groups is 1. The second kappa shape index (κ2) is 6.36. The lowest BCUT2D eigenvalue weighted by Crippen LogP contribution is -2.53. The van der Waals surface area contributed by atoms with Crippen molar-refractivity contribution in [3.8, 4) is 0 Å². The van der Waals surface area contributed by atoms with Crippen LogP contribution in [0, 0.1) is 5.41 Å². The normalized spacial score (nSPS) is 17.4. The van der Waals surface area contributed by atoms with Crippen LogP contribution in [-0.2, 0) is 4.79 Å². The van der Waals surface area contributed by atoms with Crippen molar-refractivity contribution in [3.63, 3.8) is 0 Å². The molecular weight excluding hydrogens is 216 g/mol. The van der Waals surface area contributed by atoms with Crippen molar-refractivity contribution in [2.24, 2.45) is 11.1 Å². The van der Waals surface area contributed by atoms with E-state index in [0.29, 0.717) is 19.4 Å². The summed E-state index contributed by atoms with van der Waals surface area (Å²) in [6.07, 6.45) is 1.86. The highest BCUT2D eigenvalue weighted by Gasteiger charge is 2.29. The maximum absolute atomic E-state index is 11.9. The van der Waals surface area contributed by atoms with Crippen molar-refractivity contribution in [1.29, 1.82) is 0 Å². The van der Waals surface area contributed by atoms with E-state index in [1.165, 1.54) is 0 Å². The van der Waals surface area contributed by atoms with Crippen LogP contribution in [0.4, 0.5) is 0 Å². The summed E-state index contributed by atoms with van der Waals surface area (Å²) < 4.78 is 0. The zero-order chi connectivity index (χ0) is 13.7. The average molecular weight is 244 g/mol. The average Bonchev–Trinajstić information content (AvgIpc) is 2.12. The topological polar surface area (TPSA) is 75.4 Å². The highest BCUT2D eigenvalue weighted by molar-refractivity contribution is 5.85.